The molecule has 1 aromatic rings. The average Bonchev–Trinajstić information content (AvgIpc) is 3.04. The predicted molar refractivity (Wildman–Crippen MR) is 87.0 cm³/mol. The zero-order valence-electron chi connectivity index (χ0n) is 13.8. The first-order valence-corrected chi connectivity index (χ1v) is 8.20. The van der Waals surface area contributed by atoms with E-state index in [2.05, 4.69) is 0 Å². The molecule has 0 aromatic heterocycles. The van der Waals surface area contributed by atoms with Gasteiger partial charge in [-0.2, -0.15) is 0 Å². The number of carbonyl (C=O) groups excluding carboxylic acids is 2. The summed E-state index contributed by atoms with van der Waals surface area (Å²) < 4.78 is 10.6. The Morgan fingerprint density at radius 2 is 2.00 bits per heavy atom. The van der Waals surface area contributed by atoms with Gasteiger partial charge in [-0.05, 0) is 30.9 Å². The highest BCUT2D eigenvalue weighted by atomic mass is 16.5. The van der Waals surface area contributed by atoms with E-state index in [1.54, 1.807) is 6.92 Å². The van der Waals surface area contributed by atoms with Crippen LogP contribution in [0.5, 0.6) is 0 Å². The Morgan fingerprint density at radius 3 is 2.48 bits per heavy atom. The van der Waals surface area contributed by atoms with Crippen LogP contribution in [-0.2, 0) is 24.5 Å². The van der Waals surface area contributed by atoms with Gasteiger partial charge in [-0.15, -0.1) is 0 Å². The van der Waals surface area contributed by atoms with Gasteiger partial charge in [-0.3, -0.25) is 9.59 Å². The Hall–Kier alpha value is -1.88. The van der Waals surface area contributed by atoms with Gasteiger partial charge < -0.3 is 15.2 Å². The zero-order valence-corrected chi connectivity index (χ0v) is 13.8. The fourth-order valence-corrected chi connectivity index (χ4v) is 3.12. The third-order valence-corrected chi connectivity index (χ3v) is 4.51. The summed E-state index contributed by atoms with van der Waals surface area (Å²) in [5.41, 5.74) is 6.62. The molecule has 1 aliphatic heterocycles. The van der Waals surface area contributed by atoms with Crippen molar-refractivity contribution in [2.24, 2.45) is 5.73 Å². The monoisotopic (exact) mass is 319 g/mol. The van der Waals surface area contributed by atoms with Gasteiger partial charge in [-0.1, -0.05) is 37.6 Å². The Bertz CT molecular complexity index is 547. The molecule has 1 amide bonds. The third kappa shape index (κ3) is 3.55. The summed E-state index contributed by atoms with van der Waals surface area (Å²) in [4.78, 5) is 24.0. The smallest absolute Gasteiger partial charge is 0.313 e. The van der Waals surface area contributed by atoms with E-state index in [9.17, 15) is 9.59 Å². The summed E-state index contributed by atoms with van der Waals surface area (Å²) in [7, 11) is 0. The molecule has 0 aliphatic carbocycles. The van der Waals surface area contributed by atoms with E-state index in [0.29, 0.717) is 26.2 Å². The molecular formula is C18H25NO4. The molecule has 1 heterocycles. The third-order valence-electron chi connectivity index (χ3n) is 4.51. The Labute approximate surface area is 137 Å². The number of amides is 1. The van der Waals surface area contributed by atoms with Crippen LogP contribution in [0.15, 0.2) is 24.3 Å². The van der Waals surface area contributed by atoms with E-state index in [-0.39, 0.29) is 17.8 Å². The molecule has 1 saturated heterocycles. The second-order valence-corrected chi connectivity index (χ2v) is 5.96. The van der Waals surface area contributed by atoms with Crippen molar-refractivity contribution < 1.29 is 19.1 Å². The van der Waals surface area contributed by atoms with Crippen LogP contribution in [0.25, 0.3) is 0 Å². The normalized spacial score (nSPS) is 21.8. The molecule has 23 heavy (non-hydrogen) atoms. The molecule has 0 spiro atoms. The number of benzene rings is 1. The van der Waals surface area contributed by atoms with Crippen molar-refractivity contribution in [1.82, 2.24) is 0 Å². The van der Waals surface area contributed by atoms with Gasteiger partial charge in [0.05, 0.1) is 24.5 Å². The quantitative estimate of drug-likeness (QED) is 0.782. The lowest BCUT2D eigenvalue weighted by atomic mass is 9.78. The molecule has 1 fully saturated rings. The van der Waals surface area contributed by atoms with Crippen molar-refractivity contribution in [3.63, 3.8) is 0 Å². The minimum atomic E-state index is -0.747. The molecule has 0 bridgehead atoms. The van der Waals surface area contributed by atoms with E-state index in [1.165, 1.54) is 0 Å². The fraction of sp³-hybridized carbons (Fsp3) is 0.556. The molecule has 2 unspecified atom stereocenters. The van der Waals surface area contributed by atoms with Gasteiger partial charge >= 0.3 is 5.97 Å². The summed E-state index contributed by atoms with van der Waals surface area (Å²) >= 11 is 0. The van der Waals surface area contributed by atoms with Crippen molar-refractivity contribution in [1.29, 1.82) is 0 Å². The van der Waals surface area contributed by atoms with Gasteiger partial charge in [0.1, 0.15) is 0 Å². The van der Waals surface area contributed by atoms with Crippen LogP contribution >= 0.6 is 0 Å². The van der Waals surface area contributed by atoms with Crippen LogP contribution in [0.1, 0.15) is 50.2 Å². The minimum Gasteiger partial charge on any atom is -0.466 e. The molecule has 2 atom stereocenters. The van der Waals surface area contributed by atoms with Gasteiger partial charge in [0.2, 0.25) is 5.91 Å². The number of nitrogens with two attached hydrogens (primary N) is 1. The van der Waals surface area contributed by atoms with Crippen LogP contribution in [-0.4, -0.2) is 31.7 Å². The fourth-order valence-electron chi connectivity index (χ4n) is 3.12. The lowest BCUT2D eigenvalue weighted by Crippen LogP contribution is -2.41. The zero-order chi connectivity index (χ0) is 16.9. The molecule has 1 aromatic carbocycles. The molecule has 0 saturated carbocycles. The van der Waals surface area contributed by atoms with Gasteiger partial charge in [0, 0.05) is 6.61 Å². The molecule has 2 rings (SSSR count). The largest absolute Gasteiger partial charge is 0.466 e. The second-order valence-electron chi connectivity index (χ2n) is 5.96. The van der Waals surface area contributed by atoms with Crippen LogP contribution in [0.2, 0.25) is 0 Å². The number of rotatable bonds is 7. The first-order chi connectivity index (χ1) is 11.0. The lowest BCUT2D eigenvalue weighted by molar-refractivity contribution is -0.145. The van der Waals surface area contributed by atoms with Crippen LogP contribution < -0.4 is 5.73 Å². The maximum absolute atomic E-state index is 12.1. The van der Waals surface area contributed by atoms with E-state index >= 15 is 0 Å². The van der Waals surface area contributed by atoms with Crippen molar-refractivity contribution in [2.45, 2.75) is 44.4 Å². The Morgan fingerprint density at radius 1 is 1.30 bits per heavy atom. The second kappa shape index (κ2) is 7.59. The summed E-state index contributed by atoms with van der Waals surface area (Å²) in [6.07, 6.45) is 2.23. The van der Waals surface area contributed by atoms with Gasteiger partial charge in [-0.25, -0.2) is 0 Å². The molecule has 0 radical (unpaired) electrons. The molecule has 1 aliphatic rings. The van der Waals surface area contributed by atoms with Crippen LogP contribution in [0, 0.1) is 0 Å². The first-order valence-electron chi connectivity index (χ1n) is 8.20. The number of carbonyl (C=O) groups is 2. The first kappa shape index (κ1) is 17.5. The summed E-state index contributed by atoms with van der Waals surface area (Å²) in [5.74, 6) is -0.826. The van der Waals surface area contributed by atoms with Crippen LogP contribution in [0.3, 0.4) is 0 Å². The summed E-state index contributed by atoms with van der Waals surface area (Å²) in [6.45, 7) is 5.07. The van der Waals surface area contributed by atoms with E-state index in [1.807, 2.05) is 31.2 Å². The average molecular weight is 319 g/mol. The molecular weight excluding hydrogens is 294 g/mol. The highest BCUT2D eigenvalue weighted by Crippen LogP contribution is 2.34. The minimum absolute atomic E-state index is 0.198. The SMILES string of the molecule is CCCC(C(=O)OCC)c1ccc(C2(C(N)=O)CCOC2)cc1. The Kier molecular flexibility index (Phi) is 5.77. The molecule has 126 valence electrons. The highest BCUT2D eigenvalue weighted by molar-refractivity contribution is 5.87. The van der Waals surface area contributed by atoms with E-state index in [4.69, 9.17) is 15.2 Å². The molecule has 5 heteroatoms. The lowest BCUT2D eigenvalue weighted by Gasteiger charge is -2.24. The van der Waals surface area contributed by atoms with E-state index in [0.717, 1.165) is 24.0 Å². The molecule has 2 N–H and O–H groups in total. The van der Waals surface area contributed by atoms with Crippen molar-refractivity contribution in [2.75, 3.05) is 19.8 Å². The summed E-state index contributed by atoms with van der Waals surface area (Å²) in [6, 6.07) is 7.57. The van der Waals surface area contributed by atoms with Crippen molar-refractivity contribution in [3.8, 4) is 0 Å². The summed E-state index contributed by atoms with van der Waals surface area (Å²) in [5, 5.41) is 0. The number of hydrogen-bond acceptors (Lipinski definition) is 4. The Balaban J connectivity index is 2.26. The standard InChI is InChI=1S/C18H25NO4/c1-3-5-15(16(20)23-4-2)13-6-8-14(9-7-13)18(17(19)21)10-11-22-12-18/h6-9,15H,3-5,10-12H2,1-2H3,(H2,19,21). The number of primary amides is 1. The van der Waals surface area contributed by atoms with Gasteiger partial charge in [0.15, 0.2) is 0 Å². The van der Waals surface area contributed by atoms with Crippen molar-refractivity contribution in [3.05, 3.63) is 35.4 Å². The predicted octanol–water partition coefficient (Wildman–Crippen LogP) is 2.28. The van der Waals surface area contributed by atoms with E-state index < -0.39 is 5.41 Å². The van der Waals surface area contributed by atoms with Gasteiger partial charge in [0.25, 0.3) is 0 Å². The highest BCUT2D eigenvalue weighted by Gasteiger charge is 2.42. The van der Waals surface area contributed by atoms with Crippen LogP contribution in [0.4, 0.5) is 0 Å². The number of hydrogen-bond donors (Lipinski definition) is 1. The van der Waals surface area contributed by atoms with Crippen molar-refractivity contribution >= 4 is 11.9 Å². The topological polar surface area (TPSA) is 78.6 Å². The maximum atomic E-state index is 12.1. The maximum Gasteiger partial charge on any atom is 0.313 e. The molecule has 5 nitrogen and oxygen atoms in total. The number of ether oxygens (including phenoxy) is 2. The number of esters is 1.